The highest BCUT2D eigenvalue weighted by atomic mass is 35.5. The second-order valence-electron chi connectivity index (χ2n) is 4.10. The molecule has 0 saturated heterocycles. The number of benzene rings is 2. The average molecular weight is 321 g/mol. The first-order valence-electron chi connectivity index (χ1n) is 5.96. The molecule has 0 aliphatic rings. The number of nitrogens with one attached hydrogen (secondary N) is 1. The van der Waals surface area contributed by atoms with Gasteiger partial charge in [0.05, 0.1) is 15.9 Å². The van der Waals surface area contributed by atoms with Crippen LogP contribution in [0.15, 0.2) is 53.6 Å². The van der Waals surface area contributed by atoms with Gasteiger partial charge in [-0.15, -0.1) is 0 Å². The minimum atomic E-state index is -0.735. The summed E-state index contributed by atoms with van der Waals surface area (Å²) in [4.78, 5) is 20.2. The van der Waals surface area contributed by atoms with E-state index in [2.05, 4.69) is 10.5 Å². The van der Waals surface area contributed by atoms with Crippen LogP contribution < -0.4 is 5.43 Å². The van der Waals surface area contributed by atoms with Crippen LogP contribution in [0.4, 0.5) is 17.1 Å². The minimum Gasteiger partial charge on any atom is -0.270 e. The number of hydrogen-bond donors (Lipinski definition) is 1. The highest BCUT2D eigenvalue weighted by Gasteiger charge is 2.19. The fourth-order valence-corrected chi connectivity index (χ4v) is 1.80. The maximum absolute atomic E-state index is 11.0. The Labute approximate surface area is 129 Å². The molecule has 8 nitrogen and oxygen atoms in total. The zero-order chi connectivity index (χ0) is 16.1. The summed E-state index contributed by atoms with van der Waals surface area (Å²) >= 11 is 5.98. The lowest BCUT2D eigenvalue weighted by Crippen LogP contribution is -2.01. The van der Waals surface area contributed by atoms with Crippen molar-refractivity contribution < 1.29 is 9.85 Å². The SMILES string of the molecule is O=[N+]([O-])c1ccc(N/N=C(\Cl)c2ccccc2)c([N+](=O)[O-])c1. The number of halogens is 1. The van der Waals surface area contributed by atoms with Crippen LogP contribution in [0.25, 0.3) is 0 Å². The van der Waals surface area contributed by atoms with Crippen LogP contribution in [0.3, 0.4) is 0 Å². The Kier molecular flexibility index (Phi) is 4.64. The van der Waals surface area contributed by atoms with Gasteiger partial charge in [-0.2, -0.15) is 5.10 Å². The normalized spacial score (nSPS) is 11.0. The van der Waals surface area contributed by atoms with Gasteiger partial charge in [-0.1, -0.05) is 41.9 Å². The average Bonchev–Trinajstić information content (AvgIpc) is 2.53. The van der Waals surface area contributed by atoms with Gasteiger partial charge in [0.1, 0.15) is 5.69 Å². The maximum Gasteiger partial charge on any atom is 0.301 e. The first-order valence-corrected chi connectivity index (χ1v) is 6.34. The van der Waals surface area contributed by atoms with Gasteiger partial charge in [-0.05, 0) is 6.07 Å². The minimum absolute atomic E-state index is 0.00433. The van der Waals surface area contributed by atoms with Crippen molar-refractivity contribution in [3.8, 4) is 0 Å². The van der Waals surface area contributed by atoms with E-state index in [9.17, 15) is 20.2 Å². The maximum atomic E-state index is 11.0. The first kappa shape index (κ1) is 15.4. The summed E-state index contributed by atoms with van der Waals surface area (Å²) in [7, 11) is 0. The molecule has 0 atom stereocenters. The van der Waals surface area contributed by atoms with Crippen LogP contribution in [0, 0.1) is 20.2 Å². The smallest absolute Gasteiger partial charge is 0.270 e. The number of nitro groups is 2. The van der Waals surface area contributed by atoms with Crippen molar-refractivity contribution in [3.05, 3.63) is 74.3 Å². The Bertz CT molecular complexity index is 749. The third-order valence-electron chi connectivity index (χ3n) is 2.68. The molecule has 0 saturated carbocycles. The fraction of sp³-hybridized carbons (Fsp3) is 0. The standard InChI is InChI=1S/C13H9ClN4O4/c14-13(9-4-2-1-3-5-9)16-15-11-7-6-10(17(19)20)8-12(11)18(21)22/h1-8,15H/b16-13-. The van der Waals surface area contributed by atoms with Gasteiger partial charge in [0, 0.05) is 11.6 Å². The van der Waals surface area contributed by atoms with Gasteiger partial charge in [-0.25, -0.2) is 0 Å². The topological polar surface area (TPSA) is 111 Å². The van der Waals surface area contributed by atoms with E-state index in [1.807, 2.05) is 6.07 Å². The highest BCUT2D eigenvalue weighted by molar-refractivity contribution is 6.69. The molecule has 0 heterocycles. The molecule has 0 unspecified atom stereocenters. The van der Waals surface area contributed by atoms with E-state index < -0.39 is 15.5 Å². The van der Waals surface area contributed by atoms with Crippen molar-refractivity contribution >= 4 is 33.8 Å². The molecule has 0 aliphatic carbocycles. The largest absolute Gasteiger partial charge is 0.301 e. The van der Waals surface area contributed by atoms with Crippen molar-refractivity contribution in [1.82, 2.24) is 0 Å². The van der Waals surface area contributed by atoms with E-state index in [4.69, 9.17) is 11.6 Å². The van der Waals surface area contributed by atoms with Crippen LogP contribution in [-0.2, 0) is 0 Å². The van der Waals surface area contributed by atoms with Crippen LogP contribution in [0.5, 0.6) is 0 Å². The summed E-state index contributed by atoms with van der Waals surface area (Å²) in [6, 6.07) is 12.0. The lowest BCUT2D eigenvalue weighted by molar-refractivity contribution is -0.393. The number of nitro benzene ring substituents is 2. The Morgan fingerprint density at radius 3 is 2.32 bits per heavy atom. The Hall–Kier alpha value is -3.00. The predicted molar refractivity (Wildman–Crippen MR) is 82.2 cm³/mol. The van der Waals surface area contributed by atoms with E-state index in [-0.39, 0.29) is 16.5 Å². The molecule has 1 N–H and O–H groups in total. The summed E-state index contributed by atoms with van der Waals surface area (Å²) in [5.41, 5.74) is 2.24. The molecular formula is C13H9ClN4O4. The molecule has 0 amide bonds. The van der Waals surface area contributed by atoms with Gasteiger partial charge in [0.25, 0.3) is 5.69 Å². The van der Waals surface area contributed by atoms with Crippen molar-refractivity contribution in [1.29, 1.82) is 0 Å². The molecule has 0 fully saturated rings. The van der Waals surface area contributed by atoms with Crippen molar-refractivity contribution in [2.45, 2.75) is 0 Å². The number of anilines is 1. The van der Waals surface area contributed by atoms with E-state index in [0.717, 1.165) is 12.1 Å². The number of nitrogens with zero attached hydrogens (tertiary/aromatic N) is 3. The van der Waals surface area contributed by atoms with E-state index in [0.29, 0.717) is 5.56 Å². The quantitative estimate of drug-likeness (QED) is 0.514. The summed E-state index contributed by atoms with van der Waals surface area (Å²) < 4.78 is 0. The molecule has 2 rings (SSSR count). The molecule has 9 heteroatoms. The molecule has 0 aromatic heterocycles. The molecule has 0 aliphatic heterocycles. The van der Waals surface area contributed by atoms with Crippen LogP contribution in [0.2, 0.25) is 0 Å². The number of non-ortho nitro benzene ring substituents is 1. The van der Waals surface area contributed by atoms with Gasteiger partial charge in [0.15, 0.2) is 5.17 Å². The summed E-state index contributed by atoms with van der Waals surface area (Å²) in [6.45, 7) is 0. The van der Waals surface area contributed by atoms with Crippen molar-refractivity contribution in [2.24, 2.45) is 5.10 Å². The van der Waals surface area contributed by atoms with E-state index in [1.165, 1.54) is 6.07 Å². The van der Waals surface area contributed by atoms with E-state index >= 15 is 0 Å². The fourth-order valence-electron chi connectivity index (χ4n) is 1.63. The van der Waals surface area contributed by atoms with Gasteiger partial charge >= 0.3 is 5.69 Å². The zero-order valence-corrected chi connectivity index (χ0v) is 11.7. The molecule has 0 radical (unpaired) electrons. The summed E-state index contributed by atoms with van der Waals surface area (Å²) in [6.07, 6.45) is 0. The van der Waals surface area contributed by atoms with Crippen LogP contribution in [0.1, 0.15) is 5.56 Å². The summed E-state index contributed by atoms with van der Waals surface area (Å²) in [5, 5.41) is 25.6. The van der Waals surface area contributed by atoms with Crippen molar-refractivity contribution in [2.75, 3.05) is 5.43 Å². The molecule has 0 spiro atoms. The molecule has 2 aromatic rings. The van der Waals surface area contributed by atoms with Gasteiger partial charge in [0.2, 0.25) is 0 Å². The highest BCUT2D eigenvalue weighted by Crippen LogP contribution is 2.29. The molecule has 112 valence electrons. The van der Waals surface area contributed by atoms with Crippen LogP contribution in [-0.4, -0.2) is 15.0 Å². The molecule has 22 heavy (non-hydrogen) atoms. The first-order chi connectivity index (χ1) is 10.5. The Morgan fingerprint density at radius 1 is 1.05 bits per heavy atom. The number of hydrazone groups is 1. The Morgan fingerprint density at radius 2 is 1.73 bits per heavy atom. The van der Waals surface area contributed by atoms with Crippen LogP contribution >= 0.6 is 11.6 Å². The Balaban J connectivity index is 2.30. The third-order valence-corrected chi connectivity index (χ3v) is 2.98. The van der Waals surface area contributed by atoms with E-state index in [1.54, 1.807) is 24.3 Å². The molecule has 2 aromatic carbocycles. The zero-order valence-electron chi connectivity index (χ0n) is 11.0. The van der Waals surface area contributed by atoms with Gasteiger partial charge in [-0.3, -0.25) is 25.7 Å². The molecule has 0 bridgehead atoms. The predicted octanol–water partition coefficient (Wildman–Crippen LogP) is 3.52. The van der Waals surface area contributed by atoms with Gasteiger partial charge < -0.3 is 0 Å². The third kappa shape index (κ3) is 3.55. The molecular weight excluding hydrogens is 312 g/mol. The summed E-state index contributed by atoms with van der Waals surface area (Å²) in [5.74, 6) is 0. The van der Waals surface area contributed by atoms with Crippen molar-refractivity contribution in [3.63, 3.8) is 0 Å². The second-order valence-corrected chi connectivity index (χ2v) is 4.45. The monoisotopic (exact) mass is 320 g/mol. The number of rotatable bonds is 5. The second kappa shape index (κ2) is 6.64. The lowest BCUT2D eigenvalue weighted by Gasteiger charge is -2.03. The lowest BCUT2D eigenvalue weighted by atomic mass is 10.2. The number of hydrogen-bond acceptors (Lipinski definition) is 6.